The fourth-order valence-corrected chi connectivity index (χ4v) is 0.732. The van der Waals surface area contributed by atoms with Gasteiger partial charge in [-0.25, -0.2) is 0 Å². The van der Waals surface area contributed by atoms with Gasteiger partial charge in [-0.05, 0) is 13.8 Å². The maximum atomic E-state index is 11.0. The monoisotopic (exact) mass is 172 g/mol. The molecule has 0 aliphatic carbocycles. The van der Waals surface area contributed by atoms with Crippen molar-refractivity contribution in [3.63, 3.8) is 0 Å². The second-order valence-electron chi connectivity index (χ2n) is 2.84. The van der Waals surface area contributed by atoms with Gasteiger partial charge in [-0.3, -0.25) is 9.59 Å². The highest BCUT2D eigenvalue weighted by molar-refractivity contribution is 5.90. The van der Waals surface area contributed by atoms with Crippen molar-refractivity contribution in [2.75, 3.05) is 0 Å². The molecule has 4 nitrogen and oxygen atoms in total. The van der Waals surface area contributed by atoms with Gasteiger partial charge < -0.3 is 11.1 Å². The van der Waals surface area contributed by atoms with Crippen LogP contribution >= 0.6 is 0 Å². The van der Waals surface area contributed by atoms with E-state index in [-0.39, 0.29) is 11.7 Å². The standard InChI is InChI=1S/C8H16N2O2/c1-4-7(11)6(3)10-8(12)5(2)9/h5-6H,4,9H2,1-3H3,(H,10,12)/t5-,6-/m0/s1. The van der Waals surface area contributed by atoms with E-state index in [2.05, 4.69) is 5.32 Å². The summed E-state index contributed by atoms with van der Waals surface area (Å²) < 4.78 is 0. The predicted molar refractivity (Wildman–Crippen MR) is 46.6 cm³/mol. The molecule has 0 fully saturated rings. The van der Waals surface area contributed by atoms with Crippen molar-refractivity contribution < 1.29 is 9.59 Å². The lowest BCUT2D eigenvalue weighted by molar-refractivity contribution is -0.127. The molecule has 0 aromatic heterocycles. The van der Waals surface area contributed by atoms with Crippen LogP contribution in [0.5, 0.6) is 0 Å². The van der Waals surface area contributed by atoms with Gasteiger partial charge in [0.1, 0.15) is 0 Å². The first-order valence-corrected chi connectivity index (χ1v) is 4.07. The lowest BCUT2D eigenvalue weighted by Crippen LogP contribution is -2.45. The average molecular weight is 172 g/mol. The number of amides is 1. The normalized spacial score (nSPS) is 15.0. The molecule has 0 aliphatic heterocycles. The quantitative estimate of drug-likeness (QED) is 0.617. The van der Waals surface area contributed by atoms with Crippen LogP contribution in [0, 0.1) is 0 Å². The maximum absolute atomic E-state index is 11.0. The van der Waals surface area contributed by atoms with Crippen molar-refractivity contribution in [2.24, 2.45) is 5.73 Å². The number of nitrogens with two attached hydrogens (primary N) is 1. The van der Waals surface area contributed by atoms with Crippen LogP contribution in [0.15, 0.2) is 0 Å². The van der Waals surface area contributed by atoms with Crippen LogP contribution in [0.3, 0.4) is 0 Å². The van der Waals surface area contributed by atoms with Crippen molar-refractivity contribution in [2.45, 2.75) is 39.3 Å². The SMILES string of the molecule is CCC(=O)[C@H](C)NC(=O)[C@H](C)N. The molecular formula is C8H16N2O2. The minimum atomic E-state index is -0.558. The molecule has 0 saturated heterocycles. The summed E-state index contributed by atoms with van der Waals surface area (Å²) in [6, 6.07) is -0.981. The minimum Gasteiger partial charge on any atom is -0.345 e. The van der Waals surface area contributed by atoms with Crippen LogP contribution in [0.4, 0.5) is 0 Å². The van der Waals surface area contributed by atoms with E-state index in [1.54, 1.807) is 20.8 Å². The van der Waals surface area contributed by atoms with Crippen LogP contribution in [-0.2, 0) is 9.59 Å². The number of hydrogen-bond acceptors (Lipinski definition) is 3. The van der Waals surface area contributed by atoms with Gasteiger partial charge in [-0.2, -0.15) is 0 Å². The molecule has 0 unspecified atom stereocenters. The summed E-state index contributed by atoms with van der Waals surface area (Å²) >= 11 is 0. The molecule has 70 valence electrons. The van der Waals surface area contributed by atoms with Gasteiger partial charge in [0.15, 0.2) is 5.78 Å². The highest BCUT2D eigenvalue weighted by Gasteiger charge is 2.15. The summed E-state index contributed by atoms with van der Waals surface area (Å²) in [5.74, 6) is -0.270. The number of rotatable bonds is 4. The van der Waals surface area contributed by atoms with Gasteiger partial charge >= 0.3 is 0 Å². The molecule has 0 spiro atoms. The summed E-state index contributed by atoms with van der Waals surface area (Å²) in [7, 11) is 0. The Bertz CT molecular complexity index is 178. The van der Waals surface area contributed by atoms with E-state index in [0.717, 1.165) is 0 Å². The lowest BCUT2D eigenvalue weighted by Gasteiger charge is -2.13. The van der Waals surface area contributed by atoms with Crippen molar-refractivity contribution in [3.8, 4) is 0 Å². The minimum absolute atomic E-state index is 0.0176. The van der Waals surface area contributed by atoms with Gasteiger partial charge in [0.2, 0.25) is 5.91 Å². The molecule has 4 heteroatoms. The van der Waals surface area contributed by atoms with E-state index in [0.29, 0.717) is 6.42 Å². The van der Waals surface area contributed by atoms with Gasteiger partial charge in [0, 0.05) is 6.42 Å². The van der Waals surface area contributed by atoms with Gasteiger partial charge in [0.05, 0.1) is 12.1 Å². The zero-order valence-electron chi connectivity index (χ0n) is 7.76. The third-order valence-corrected chi connectivity index (χ3v) is 1.60. The van der Waals surface area contributed by atoms with Crippen LogP contribution in [0.1, 0.15) is 27.2 Å². The highest BCUT2D eigenvalue weighted by atomic mass is 16.2. The Labute approximate surface area is 72.5 Å². The Morgan fingerprint density at radius 3 is 2.25 bits per heavy atom. The van der Waals surface area contributed by atoms with E-state index in [1.165, 1.54) is 0 Å². The van der Waals surface area contributed by atoms with Crippen LogP contribution in [-0.4, -0.2) is 23.8 Å². The molecule has 3 N–H and O–H groups in total. The third kappa shape index (κ3) is 3.48. The van der Waals surface area contributed by atoms with E-state index in [1.807, 2.05) is 0 Å². The molecule has 0 aromatic carbocycles. The Kier molecular flexibility index (Phi) is 4.51. The van der Waals surface area contributed by atoms with Gasteiger partial charge in [-0.1, -0.05) is 6.92 Å². The molecule has 0 aromatic rings. The molecule has 0 radical (unpaired) electrons. The highest BCUT2D eigenvalue weighted by Crippen LogP contribution is 1.90. The molecule has 1 amide bonds. The molecule has 2 atom stereocenters. The number of ketones is 1. The zero-order chi connectivity index (χ0) is 9.72. The number of Topliss-reactive ketones (excluding diaryl/α,β-unsaturated/α-hetero) is 1. The summed E-state index contributed by atoms with van der Waals surface area (Å²) in [4.78, 5) is 22.0. The number of nitrogens with one attached hydrogen (secondary N) is 1. The first-order valence-electron chi connectivity index (χ1n) is 4.07. The first kappa shape index (κ1) is 11.1. The fourth-order valence-electron chi connectivity index (χ4n) is 0.732. The summed E-state index contributed by atoms with van der Waals surface area (Å²) in [6.45, 7) is 5.00. The first-order chi connectivity index (χ1) is 5.49. The molecule has 0 aliphatic rings. The van der Waals surface area contributed by atoms with E-state index >= 15 is 0 Å². The molecule has 0 bridgehead atoms. The number of carbonyl (C=O) groups excluding carboxylic acids is 2. The zero-order valence-corrected chi connectivity index (χ0v) is 7.76. The maximum Gasteiger partial charge on any atom is 0.237 e. The lowest BCUT2D eigenvalue weighted by atomic mass is 10.1. The van der Waals surface area contributed by atoms with Gasteiger partial charge in [0.25, 0.3) is 0 Å². The smallest absolute Gasteiger partial charge is 0.237 e. The van der Waals surface area contributed by atoms with Crippen molar-refractivity contribution in [1.29, 1.82) is 0 Å². The summed E-state index contributed by atoms with van der Waals surface area (Å²) in [6.07, 6.45) is 0.431. The second-order valence-corrected chi connectivity index (χ2v) is 2.84. The molecule has 0 rings (SSSR count). The van der Waals surface area contributed by atoms with Crippen LogP contribution in [0.25, 0.3) is 0 Å². The fraction of sp³-hybridized carbons (Fsp3) is 0.750. The largest absolute Gasteiger partial charge is 0.345 e. The van der Waals surface area contributed by atoms with Crippen molar-refractivity contribution in [1.82, 2.24) is 5.32 Å². The molecule has 12 heavy (non-hydrogen) atoms. The van der Waals surface area contributed by atoms with E-state index < -0.39 is 12.1 Å². The summed E-state index contributed by atoms with van der Waals surface area (Å²) in [5, 5.41) is 2.52. The Morgan fingerprint density at radius 2 is 1.92 bits per heavy atom. The number of carbonyl (C=O) groups is 2. The molecular weight excluding hydrogens is 156 g/mol. The Balaban J connectivity index is 3.92. The van der Waals surface area contributed by atoms with Crippen LogP contribution < -0.4 is 11.1 Å². The predicted octanol–water partition coefficient (Wildman–Crippen LogP) is -0.183. The molecule has 0 heterocycles. The average Bonchev–Trinajstić information content (AvgIpc) is 2.02. The van der Waals surface area contributed by atoms with Crippen LogP contribution in [0.2, 0.25) is 0 Å². The van der Waals surface area contributed by atoms with Crippen molar-refractivity contribution in [3.05, 3.63) is 0 Å². The molecule has 0 saturated carbocycles. The van der Waals surface area contributed by atoms with Crippen molar-refractivity contribution >= 4 is 11.7 Å². The Morgan fingerprint density at radius 1 is 1.42 bits per heavy atom. The second kappa shape index (κ2) is 4.87. The number of hydrogen-bond donors (Lipinski definition) is 2. The van der Waals surface area contributed by atoms with Gasteiger partial charge in [-0.15, -0.1) is 0 Å². The Hall–Kier alpha value is -0.900. The van der Waals surface area contributed by atoms with E-state index in [9.17, 15) is 9.59 Å². The summed E-state index contributed by atoms with van der Waals surface area (Å²) in [5.41, 5.74) is 5.30. The third-order valence-electron chi connectivity index (χ3n) is 1.60. The van der Waals surface area contributed by atoms with E-state index in [4.69, 9.17) is 5.73 Å². The topological polar surface area (TPSA) is 72.2 Å².